The Labute approximate surface area is 143 Å². The minimum Gasteiger partial charge on any atom is -0.356 e. The molecule has 1 fully saturated rings. The minimum absolute atomic E-state index is 0. The molecule has 5 nitrogen and oxygen atoms in total. The van der Waals surface area contributed by atoms with Crippen LogP contribution in [0.15, 0.2) is 23.1 Å². The lowest BCUT2D eigenvalue weighted by Crippen LogP contribution is -2.48. The Kier molecular flexibility index (Phi) is 6.06. The zero-order chi connectivity index (χ0) is 15.6. The fraction of sp³-hybridized carbons (Fsp3) is 0.562. The molecule has 0 atom stereocenters. The normalized spacial score (nSPS) is 17.0. The third kappa shape index (κ3) is 4.46. The van der Waals surface area contributed by atoms with E-state index in [-0.39, 0.29) is 30.5 Å². The second-order valence-electron chi connectivity index (χ2n) is 6.18. The van der Waals surface area contributed by atoms with Crippen LogP contribution in [0.3, 0.4) is 0 Å². The minimum atomic E-state index is -3.38. The Morgan fingerprint density at radius 2 is 1.96 bits per heavy atom. The number of carbonyl (C=O) groups excluding carboxylic acids is 1. The van der Waals surface area contributed by atoms with E-state index in [1.165, 1.54) is 5.56 Å². The Hall–Kier alpha value is -1.11. The molecular formula is C16H23ClN2O3S. The van der Waals surface area contributed by atoms with Gasteiger partial charge in [0.05, 0.1) is 10.6 Å². The van der Waals surface area contributed by atoms with Crippen molar-refractivity contribution in [2.24, 2.45) is 5.92 Å². The molecule has 1 aromatic rings. The van der Waals surface area contributed by atoms with Crippen molar-refractivity contribution in [2.45, 2.75) is 30.6 Å². The molecule has 1 heterocycles. The molecule has 128 valence electrons. The van der Waals surface area contributed by atoms with Gasteiger partial charge < -0.3 is 10.6 Å². The summed E-state index contributed by atoms with van der Waals surface area (Å²) in [6.45, 7) is 2.48. The highest BCUT2D eigenvalue weighted by Crippen LogP contribution is 2.25. The van der Waals surface area contributed by atoms with E-state index in [0.29, 0.717) is 17.4 Å². The summed E-state index contributed by atoms with van der Waals surface area (Å²) in [5.41, 5.74) is 2.40. The van der Waals surface area contributed by atoms with E-state index in [0.717, 1.165) is 37.9 Å². The van der Waals surface area contributed by atoms with Crippen molar-refractivity contribution in [2.75, 3.05) is 25.4 Å². The maximum absolute atomic E-state index is 12.4. The number of nitrogens with one attached hydrogen (secondary N) is 2. The molecule has 0 bridgehead atoms. The van der Waals surface area contributed by atoms with E-state index in [2.05, 4.69) is 10.6 Å². The monoisotopic (exact) mass is 358 g/mol. The highest BCUT2D eigenvalue weighted by molar-refractivity contribution is 7.91. The first-order chi connectivity index (χ1) is 10.5. The zero-order valence-corrected chi connectivity index (χ0v) is 14.6. The summed E-state index contributed by atoms with van der Waals surface area (Å²) in [5, 5.41) is 5.94. The van der Waals surface area contributed by atoms with Crippen molar-refractivity contribution in [1.82, 2.24) is 10.6 Å². The van der Waals surface area contributed by atoms with Crippen LogP contribution in [-0.4, -0.2) is 39.7 Å². The summed E-state index contributed by atoms with van der Waals surface area (Å²) < 4.78 is 24.7. The number of benzene rings is 1. The highest BCUT2D eigenvalue weighted by Gasteiger charge is 2.21. The molecule has 0 saturated carbocycles. The average molecular weight is 359 g/mol. The molecule has 2 aliphatic rings. The molecule has 1 aliphatic carbocycles. The van der Waals surface area contributed by atoms with Crippen LogP contribution in [0, 0.1) is 5.92 Å². The third-order valence-corrected chi connectivity index (χ3v) is 6.19. The predicted octanol–water partition coefficient (Wildman–Crippen LogP) is 1.10. The molecule has 0 unspecified atom stereocenters. The molecule has 7 heteroatoms. The van der Waals surface area contributed by atoms with Crippen molar-refractivity contribution in [1.29, 1.82) is 0 Å². The molecule has 1 aliphatic heterocycles. The van der Waals surface area contributed by atoms with Gasteiger partial charge in [-0.3, -0.25) is 4.79 Å². The summed E-state index contributed by atoms with van der Waals surface area (Å²) in [7, 11) is -3.38. The van der Waals surface area contributed by atoms with Gasteiger partial charge in [-0.1, -0.05) is 6.07 Å². The van der Waals surface area contributed by atoms with E-state index in [9.17, 15) is 13.2 Å². The summed E-state index contributed by atoms with van der Waals surface area (Å²) in [5.74, 6) is 0.175. The third-order valence-electron chi connectivity index (χ3n) is 4.48. The molecule has 0 radical (unpaired) electrons. The van der Waals surface area contributed by atoms with Gasteiger partial charge in [0.1, 0.15) is 0 Å². The number of aryl methyl sites for hydroxylation is 2. The number of amides is 1. The predicted molar refractivity (Wildman–Crippen MR) is 91.8 cm³/mol. The molecule has 1 amide bonds. The topological polar surface area (TPSA) is 75.3 Å². The second-order valence-corrected chi connectivity index (χ2v) is 8.29. The molecule has 0 spiro atoms. The number of carbonyl (C=O) groups is 1. The van der Waals surface area contributed by atoms with Gasteiger partial charge in [-0.05, 0) is 42.5 Å². The molecule has 23 heavy (non-hydrogen) atoms. The maximum Gasteiger partial charge on any atom is 0.221 e. The fourth-order valence-electron chi connectivity index (χ4n) is 2.93. The van der Waals surface area contributed by atoms with Gasteiger partial charge in [0.15, 0.2) is 9.84 Å². The van der Waals surface area contributed by atoms with Crippen molar-refractivity contribution in [3.05, 3.63) is 29.3 Å². The van der Waals surface area contributed by atoms with Crippen LogP contribution in [0.25, 0.3) is 0 Å². The van der Waals surface area contributed by atoms with Gasteiger partial charge in [0, 0.05) is 32.0 Å². The quantitative estimate of drug-likeness (QED) is 0.798. The average Bonchev–Trinajstić information content (AvgIpc) is 2.91. The maximum atomic E-state index is 12.4. The Bertz CT molecular complexity index is 672. The molecule has 1 aromatic carbocycles. The number of hydrogen-bond acceptors (Lipinski definition) is 4. The molecule has 2 N–H and O–H groups in total. The fourth-order valence-corrected chi connectivity index (χ4v) is 4.21. The van der Waals surface area contributed by atoms with Crippen molar-refractivity contribution < 1.29 is 13.2 Å². The van der Waals surface area contributed by atoms with Crippen LogP contribution in [-0.2, 0) is 27.5 Å². The van der Waals surface area contributed by atoms with E-state index < -0.39 is 9.84 Å². The van der Waals surface area contributed by atoms with Crippen LogP contribution in [0.1, 0.15) is 24.0 Å². The van der Waals surface area contributed by atoms with Gasteiger partial charge in [-0.25, -0.2) is 8.42 Å². The Balaban J connectivity index is 0.00000192. The van der Waals surface area contributed by atoms with Gasteiger partial charge in [-0.2, -0.15) is 0 Å². The smallest absolute Gasteiger partial charge is 0.221 e. The zero-order valence-electron chi connectivity index (χ0n) is 13.0. The van der Waals surface area contributed by atoms with Crippen LogP contribution in [0.5, 0.6) is 0 Å². The summed E-state index contributed by atoms with van der Waals surface area (Å²) >= 11 is 0. The lowest BCUT2D eigenvalue weighted by molar-refractivity contribution is -0.120. The van der Waals surface area contributed by atoms with Gasteiger partial charge >= 0.3 is 0 Å². The van der Waals surface area contributed by atoms with E-state index in [1.807, 2.05) is 6.07 Å². The van der Waals surface area contributed by atoms with Crippen LogP contribution in [0.2, 0.25) is 0 Å². The van der Waals surface area contributed by atoms with E-state index in [1.54, 1.807) is 12.1 Å². The largest absolute Gasteiger partial charge is 0.356 e. The molecule has 0 aromatic heterocycles. The van der Waals surface area contributed by atoms with Gasteiger partial charge in [0.2, 0.25) is 5.91 Å². The number of halogens is 1. The molecule has 1 saturated heterocycles. The number of fused-ring (bicyclic) bond motifs is 1. The Morgan fingerprint density at radius 1 is 1.22 bits per heavy atom. The lowest BCUT2D eigenvalue weighted by atomic mass is 10.0. The summed E-state index contributed by atoms with van der Waals surface area (Å²) in [6.07, 6.45) is 3.11. The van der Waals surface area contributed by atoms with Crippen LogP contribution < -0.4 is 10.6 Å². The van der Waals surface area contributed by atoms with Gasteiger partial charge in [0.25, 0.3) is 0 Å². The molecular weight excluding hydrogens is 336 g/mol. The van der Waals surface area contributed by atoms with E-state index >= 15 is 0 Å². The second kappa shape index (κ2) is 7.64. The van der Waals surface area contributed by atoms with Gasteiger partial charge in [-0.15, -0.1) is 12.4 Å². The number of sulfone groups is 1. The van der Waals surface area contributed by atoms with Crippen LogP contribution >= 0.6 is 12.4 Å². The standard InChI is InChI=1S/C16H22N2O3S.ClH/c19-16(18-11-12-9-17-10-12)6-7-22(20,21)15-5-4-13-2-1-3-14(13)8-15;/h4-5,8,12,17H,1-3,6-7,9-11H2,(H,18,19);1H. The first-order valence-corrected chi connectivity index (χ1v) is 9.52. The van der Waals surface area contributed by atoms with Crippen LogP contribution in [0.4, 0.5) is 0 Å². The molecule has 3 rings (SSSR count). The first-order valence-electron chi connectivity index (χ1n) is 7.86. The summed E-state index contributed by atoms with van der Waals surface area (Å²) in [4.78, 5) is 12.1. The highest BCUT2D eigenvalue weighted by atomic mass is 35.5. The Morgan fingerprint density at radius 3 is 2.65 bits per heavy atom. The number of hydrogen-bond donors (Lipinski definition) is 2. The first kappa shape index (κ1) is 18.2. The lowest BCUT2D eigenvalue weighted by Gasteiger charge is -2.27. The summed E-state index contributed by atoms with van der Waals surface area (Å²) in [6, 6.07) is 5.38. The SMILES string of the molecule is Cl.O=C(CCS(=O)(=O)c1ccc2c(c1)CCC2)NCC1CNC1. The van der Waals surface area contributed by atoms with Crippen molar-refractivity contribution in [3.63, 3.8) is 0 Å². The number of rotatable bonds is 6. The van der Waals surface area contributed by atoms with E-state index in [4.69, 9.17) is 0 Å². The van der Waals surface area contributed by atoms with Crippen molar-refractivity contribution in [3.8, 4) is 0 Å². The van der Waals surface area contributed by atoms with Crippen molar-refractivity contribution >= 4 is 28.2 Å².